The third-order valence-corrected chi connectivity index (χ3v) is 12.3. The first-order valence-corrected chi connectivity index (χ1v) is 15.2. The largest absolute Gasteiger partial charge is 0.469 e. The minimum Gasteiger partial charge on any atom is -0.469 e. The van der Waals surface area contributed by atoms with Gasteiger partial charge in [0.1, 0.15) is 0 Å². The minimum absolute atomic E-state index is 0.0764. The fourth-order valence-corrected chi connectivity index (χ4v) is 10.7. The predicted molar refractivity (Wildman–Crippen MR) is 136 cm³/mol. The van der Waals surface area contributed by atoms with Crippen molar-refractivity contribution < 1.29 is 23.8 Å². The fourth-order valence-electron chi connectivity index (χ4n) is 10.7. The summed E-state index contributed by atoms with van der Waals surface area (Å²) in [4.78, 5) is 23.7. The van der Waals surface area contributed by atoms with Crippen LogP contribution in [0.2, 0.25) is 0 Å². The molecule has 0 aromatic rings. The van der Waals surface area contributed by atoms with Crippen LogP contribution >= 0.6 is 0 Å². The van der Waals surface area contributed by atoms with Crippen molar-refractivity contribution in [1.29, 1.82) is 0 Å². The number of hydrogen-bond acceptors (Lipinski definition) is 5. The van der Waals surface area contributed by atoms with Crippen molar-refractivity contribution in [1.82, 2.24) is 0 Å². The lowest BCUT2D eigenvalue weighted by atomic mass is 9.55. The first-order chi connectivity index (χ1) is 17.3. The molecule has 8 bridgehead atoms. The van der Waals surface area contributed by atoms with Gasteiger partial charge in [-0.2, -0.15) is 0 Å². The Morgan fingerprint density at radius 3 is 2.00 bits per heavy atom. The van der Waals surface area contributed by atoms with Crippen molar-refractivity contribution >= 4 is 11.9 Å². The van der Waals surface area contributed by atoms with Crippen LogP contribution < -0.4 is 0 Å². The Hall–Kier alpha value is -1.10. The zero-order valence-corrected chi connectivity index (χ0v) is 23.0. The monoisotopic (exact) mass is 500 g/mol. The number of fused-ring (bicyclic) bond motifs is 9. The van der Waals surface area contributed by atoms with E-state index in [1.165, 1.54) is 64.9 Å². The molecular formula is C31H48O5. The smallest absolute Gasteiger partial charge is 0.311 e. The van der Waals surface area contributed by atoms with Gasteiger partial charge >= 0.3 is 11.9 Å². The Bertz CT molecular complexity index is 822. The number of rotatable bonds is 6. The summed E-state index contributed by atoms with van der Waals surface area (Å²) in [6.45, 7) is 5.94. The Morgan fingerprint density at radius 1 is 0.778 bits per heavy atom. The molecule has 8 rings (SSSR count). The maximum atomic E-state index is 12.9. The molecule has 0 aromatic carbocycles. The maximum absolute atomic E-state index is 12.9. The summed E-state index contributed by atoms with van der Waals surface area (Å²) < 4.78 is 16.5. The molecule has 8 aliphatic carbocycles. The molecular weight excluding hydrogens is 452 g/mol. The molecule has 7 atom stereocenters. The molecule has 0 heterocycles. The standard InChI is InChI=1S/C24H34O3.C7H14O2/c25-24(20-10-16-9-19(20)22-15-2-1-14(8-15)21(16)22)27-11-26-23-17-4-12-3-13(6-17)7-18(23)5-12;1-5-7(2,3)6(8)9-4/h12-23H,1-11H2;5H2,1-4H3. The van der Waals surface area contributed by atoms with Crippen molar-refractivity contribution in [3.63, 3.8) is 0 Å². The molecule has 202 valence electrons. The molecule has 0 amide bonds. The summed E-state index contributed by atoms with van der Waals surface area (Å²) in [6.07, 6.45) is 14.9. The molecule has 36 heavy (non-hydrogen) atoms. The molecule has 8 fully saturated rings. The molecule has 0 saturated heterocycles. The number of esters is 2. The van der Waals surface area contributed by atoms with Crippen LogP contribution in [-0.4, -0.2) is 31.9 Å². The average Bonchev–Trinajstić information content (AvgIpc) is 3.65. The lowest BCUT2D eigenvalue weighted by molar-refractivity contribution is -0.191. The fraction of sp³-hybridized carbons (Fsp3) is 0.935. The molecule has 5 nitrogen and oxygen atoms in total. The molecule has 8 aliphatic rings. The van der Waals surface area contributed by atoms with Crippen molar-refractivity contribution in [2.24, 2.45) is 70.5 Å². The SMILES string of the molecule is CCC(C)(C)C(=O)OC.O=C(OCOC1C2CC3CC(C2)CC1C3)C1CC2CC1C1C3CCC(C3)C21. The normalized spacial score (nSPS) is 46.9. The van der Waals surface area contributed by atoms with Gasteiger partial charge in [0.15, 0.2) is 6.79 Å². The van der Waals surface area contributed by atoms with E-state index in [2.05, 4.69) is 4.74 Å². The first-order valence-electron chi connectivity index (χ1n) is 15.2. The Labute approximate surface area is 217 Å². The highest BCUT2D eigenvalue weighted by atomic mass is 16.7. The van der Waals surface area contributed by atoms with Gasteiger partial charge in [-0.25, -0.2) is 0 Å². The number of carbonyl (C=O) groups is 2. The van der Waals surface area contributed by atoms with Gasteiger partial charge < -0.3 is 14.2 Å². The summed E-state index contributed by atoms with van der Waals surface area (Å²) in [6, 6.07) is 0. The summed E-state index contributed by atoms with van der Waals surface area (Å²) in [5.41, 5.74) is -0.311. The van der Waals surface area contributed by atoms with Crippen LogP contribution in [0, 0.1) is 70.5 Å². The van der Waals surface area contributed by atoms with Crippen LogP contribution in [0.25, 0.3) is 0 Å². The Morgan fingerprint density at radius 2 is 1.42 bits per heavy atom. The highest BCUT2D eigenvalue weighted by Crippen LogP contribution is 2.69. The van der Waals surface area contributed by atoms with E-state index in [1.54, 1.807) is 0 Å². The molecule has 0 aromatic heterocycles. The second kappa shape index (κ2) is 9.58. The number of hydrogen-bond donors (Lipinski definition) is 0. The summed E-state index contributed by atoms with van der Waals surface area (Å²) >= 11 is 0. The van der Waals surface area contributed by atoms with E-state index in [4.69, 9.17) is 9.47 Å². The van der Waals surface area contributed by atoms with E-state index in [1.807, 2.05) is 20.8 Å². The van der Waals surface area contributed by atoms with Gasteiger partial charge in [0.25, 0.3) is 0 Å². The maximum Gasteiger partial charge on any atom is 0.311 e. The van der Waals surface area contributed by atoms with Crippen LogP contribution in [0.15, 0.2) is 0 Å². The van der Waals surface area contributed by atoms with Crippen LogP contribution in [0.4, 0.5) is 0 Å². The van der Waals surface area contributed by atoms with Gasteiger partial charge in [-0.05, 0) is 144 Å². The zero-order chi connectivity index (χ0) is 25.2. The van der Waals surface area contributed by atoms with Crippen LogP contribution in [0.1, 0.15) is 91.4 Å². The van der Waals surface area contributed by atoms with E-state index in [0.717, 1.165) is 66.1 Å². The number of carbonyl (C=O) groups excluding carboxylic acids is 2. The number of methoxy groups -OCH3 is 1. The summed E-state index contributed by atoms with van der Waals surface area (Å²) in [5, 5.41) is 0. The second-order valence-corrected chi connectivity index (χ2v) is 14.4. The van der Waals surface area contributed by atoms with Gasteiger partial charge in [-0.3, -0.25) is 9.59 Å². The van der Waals surface area contributed by atoms with Crippen molar-refractivity contribution in [3.05, 3.63) is 0 Å². The third-order valence-electron chi connectivity index (χ3n) is 12.3. The molecule has 0 spiro atoms. The van der Waals surface area contributed by atoms with Gasteiger partial charge in [0.2, 0.25) is 0 Å². The minimum atomic E-state index is -0.311. The average molecular weight is 501 g/mol. The van der Waals surface area contributed by atoms with E-state index in [-0.39, 0.29) is 30.1 Å². The van der Waals surface area contributed by atoms with Crippen LogP contribution in [0.5, 0.6) is 0 Å². The summed E-state index contributed by atoms with van der Waals surface area (Å²) in [7, 11) is 1.42. The molecule has 8 saturated carbocycles. The van der Waals surface area contributed by atoms with E-state index >= 15 is 0 Å². The molecule has 0 N–H and O–H groups in total. The third kappa shape index (κ3) is 4.24. The molecule has 0 radical (unpaired) electrons. The highest BCUT2D eigenvalue weighted by Gasteiger charge is 2.63. The van der Waals surface area contributed by atoms with Crippen LogP contribution in [-0.2, 0) is 23.8 Å². The van der Waals surface area contributed by atoms with Gasteiger partial charge in [0, 0.05) is 0 Å². The van der Waals surface area contributed by atoms with Gasteiger partial charge in [-0.1, -0.05) is 6.92 Å². The molecule has 5 heteroatoms. The predicted octanol–water partition coefficient (Wildman–Crippen LogP) is 6.24. The van der Waals surface area contributed by atoms with Crippen molar-refractivity contribution in [3.8, 4) is 0 Å². The van der Waals surface area contributed by atoms with Crippen LogP contribution in [0.3, 0.4) is 0 Å². The topological polar surface area (TPSA) is 61.8 Å². The van der Waals surface area contributed by atoms with E-state index in [0.29, 0.717) is 12.0 Å². The first kappa shape index (κ1) is 25.2. The van der Waals surface area contributed by atoms with E-state index < -0.39 is 0 Å². The Kier molecular flexibility index (Phi) is 6.70. The molecule has 7 unspecified atom stereocenters. The second-order valence-electron chi connectivity index (χ2n) is 14.4. The zero-order valence-electron chi connectivity index (χ0n) is 23.0. The van der Waals surface area contributed by atoms with Gasteiger partial charge in [0.05, 0.1) is 24.5 Å². The van der Waals surface area contributed by atoms with Crippen molar-refractivity contribution in [2.45, 2.75) is 97.5 Å². The van der Waals surface area contributed by atoms with E-state index in [9.17, 15) is 9.59 Å². The van der Waals surface area contributed by atoms with Crippen molar-refractivity contribution in [2.75, 3.05) is 13.9 Å². The van der Waals surface area contributed by atoms with Gasteiger partial charge in [-0.15, -0.1) is 0 Å². The summed E-state index contributed by atoms with van der Waals surface area (Å²) in [5.74, 6) is 8.83. The lowest BCUT2D eigenvalue weighted by Crippen LogP contribution is -2.49. The Balaban J connectivity index is 0.000000232. The lowest BCUT2D eigenvalue weighted by Gasteiger charge is -2.53. The highest BCUT2D eigenvalue weighted by molar-refractivity contribution is 5.75. The number of ether oxygens (including phenoxy) is 3. The quantitative estimate of drug-likeness (QED) is 0.245. The molecule has 0 aliphatic heterocycles.